The lowest BCUT2D eigenvalue weighted by Gasteiger charge is -2.20. The Morgan fingerprint density at radius 3 is 2.31 bits per heavy atom. The van der Waals surface area contributed by atoms with Gasteiger partial charge in [-0.15, -0.1) is 0 Å². The average molecular weight is 192 g/mol. The van der Waals surface area contributed by atoms with Gasteiger partial charge in [-0.25, -0.2) is 0 Å². The molecular weight excluding hydrogens is 180 g/mol. The lowest BCUT2D eigenvalue weighted by atomic mass is 10.3. The molecule has 0 saturated heterocycles. The number of carbonyl (C=O) groups is 2. The predicted molar refractivity (Wildman–Crippen MR) is 40.9 cm³/mol. The first kappa shape index (κ1) is 12.2. The van der Waals surface area contributed by atoms with E-state index in [2.05, 4.69) is 4.74 Å². The fraction of sp³-hybridized carbons (Fsp3) is 0.714. The van der Waals surface area contributed by atoms with E-state index in [-0.39, 0.29) is 6.29 Å². The summed E-state index contributed by atoms with van der Waals surface area (Å²) in [5.41, 5.74) is 0. The molecule has 6 nitrogen and oxygen atoms in total. The summed E-state index contributed by atoms with van der Waals surface area (Å²) in [6, 6.07) is 0. The van der Waals surface area contributed by atoms with E-state index in [0.29, 0.717) is 6.29 Å². The third-order valence-electron chi connectivity index (χ3n) is 1.29. The van der Waals surface area contributed by atoms with Gasteiger partial charge in [0.15, 0.2) is 25.0 Å². The van der Waals surface area contributed by atoms with Gasteiger partial charge in [0.25, 0.3) is 0 Å². The first-order chi connectivity index (χ1) is 6.19. The molecule has 76 valence electrons. The molecule has 2 N–H and O–H groups in total. The van der Waals surface area contributed by atoms with Crippen LogP contribution in [0.5, 0.6) is 0 Å². The van der Waals surface area contributed by atoms with Gasteiger partial charge in [0.05, 0.1) is 6.61 Å². The molecule has 0 aromatic carbocycles. The molecule has 0 spiro atoms. The summed E-state index contributed by atoms with van der Waals surface area (Å²) >= 11 is 0. The number of ether oxygens (including phenoxy) is 2. The first-order valence-electron chi connectivity index (χ1n) is 3.57. The Bertz CT molecular complexity index is 159. The highest BCUT2D eigenvalue weighted by Crippen LogP contribution is 2.01. The Labute approximate surface area is 75.1 Å². The number of aliphatic hydroxyl groups is 2. The zero-order valence-corrected chi connectivity index (χ0v) is 7.12. The summed E-state index contributed by atoms with van der Waals surface area (Å²) in [5, 5.41) is 17.5. The van der Waals surface area contributed by atoms with Crippen LogP contribution in [-0.4, -0.2) is 55.0 Å². The van der Waals surface area contributed by atoms with E-state index in [9.17, 15) is 9.59 Å². The van der Waals surface area contributed by atoms with Crippen LogP contribution in [0.1, 0.15) is 0 Å². The topological polar surface area (TPSA) is 93.1 Å². The number of methoxy groups -OCH3 is 1. The summed E-state index contributed by atoms with van der Waals surface area (Å²) in [5.74, 6) is 0. The molecule has 0 aliphatic rings. The van der Waals surface area contributed by atoms with Crippen LogP contribution in [0.2, 0.25) is 0 Å². The van der Waals surface area contributed by atoms with Crippen molar-refractivity contribution < 1.29 is 29.3 Å². The molecule has 3 unspecified atom stereocenters. The van der Waals surface area contributed by atoms with Gasteiger partial charge in [0.1, 0.15) is 6.10 Å². The third kappa shape index (κ3) is 4.09. The van der Waals surface area contributed by atoms with Gasteiger partial charge in [-0.3, -0.25) is 0 Å². The molecule has 0 saturated carbocycles. The lowest BCUT2D eigenvalue weighted by Crippen LogP contribution is -2.37. The van der Waals surface area contributed by atoms with Crippen LogP contribution in [0.4, 0.5) is 0 Å². The summed E-state index contributed by atoms with van der Waals surface area (Å²) in [6.45, 7) is -0.533. The quantitative estimate of drug-likeness (QED) is 0.361. The molecule has 0 bridgehead atoms. The maximum absolute atomic E-state index is 10.2. The zero-order chi connectivity index (χ0) is 10.3. The molecule has 0 amide bonds. The maximum Gasteiger partial charge on any atom is 0.190 e. The number of rotatable bonds is 7. The summed E-state index contributed by atoms with van der Waals surface area (Å²) in [4.78, 5) is 20.3. The maximum atomic E-state index is 10.2. The molecule has 0 aromatic rings. The van der Waals surface area contributed by atoms with Crippen molar-refractivity contribution in [3.63, 3.8) is 0 Å². The monoisotopic (exact) mass is 192 g/mol. The lowest BCUT2D eigenvalue weighted by molar-refractivity contribution is -0.201. The van der Waals surface area contributed by atoms with Gasteiger partial charge in [-0.2, -0.15) is 0 Å². The summed E-state index contributed by atoms with van der Waals surface area (Å²) in [6.07, 6.45) is -3.24. The van der Waals surface area contributed by atoms with Crippen LogP contribution in [0.25, 0.3) is 0 Å². The van der Waals surface area contributed by atoms with E-state index >= 15 is 0 Å². The molecule has 0 rings (SSSR count). The van der Waals surface area contributed by atoms with Crippen molar-refractivity contribution in [1.29, 1.82) is 0 Å². The number of hydrogen-bond acceptors (Lipinski definition) is 6. The Morgan fingerprint density at radius 2 is 2.00 bits per heavy atom. The highest BCUT2D eigenvalue weighted by Gasteiger charge is 2.22. The number of carbonyl (C=O) groups excluding carboxylic acids is 2. The van der Waals surface area contributed by atoms with Gasteiger partial charge in [-0.1, -0.05) is 0 Å². The SMILES string of the molecule is COC(OC(C=O)CO)C(O)C=O. The molecule has 0 aliphatic carbocycles. The van der Waals surface area contributed by atoms with Crippen molar-refractivity contribution in [2.24, 2.45) is 0 Å². The van der Waals surface area contributed by atoms with E-state index in [4.69, 9.17) is 14.9 Å². The molecule has 0 aromatic heterocycles. The van der Waals surface area contributed by atoms with Gasteiger partial charge in [-0.05, 0) is 0 Å². The van der Waals surface area contributed by atoms with Gasteiger partial charge < -0.3 is 29.3 Å². The van der Waals surface area contributed by atoms with E-state index in [0.717, 1.165) is 0 Å². The number of aldehydes is 2. The van der Waals surface area contributed by atoms with Gasteiger partial charge in [0, 0.05) is 7.11 Å². The highest BCUT2D eigenvalue weighted by molar-refractivity contribution is 5.57. The molecular formula is C7H12O6. The summed E-state index contributed by atoms with van der Waals surface area (Å²) in [7, 11) is 1.20. The van der Waals surface area contributed by atoms with E-state index in [1.54, 1.807) is 0 Å². The third-order valence-corrected chi connectivity index (χ3v) is 1.29. The van der Waals surface area contributed by atoms with Gasteiger partial charge in [0.2, 0.25) is 0 Å². The zero-order valence-electron chi connectivity index (χ0n) is 7.12. The van der Waals surface area contributed by atoms with Crippen molar-refractivity contribution in [2.45, 2.75) is 18.5 Å². The number of aliphatic hydroxyl groups excluding tert-OH is 2. The normalized spacial score (nSPS) is 17.5. The van der Waals surface area contributed by atoms with Crippen LogP contribution < -0.4 is 0 Å². The second kappa shape index (κ2) is 6.67. The van der Waals surface area contributed by atoms with Crippen molar-refractivity contribution in [1.82, 2.24) is 0 Å². The minimum absolute atomic E-state index is 0.216. The minimum Gasteiger partial charge on any atom is -0.393 e. The molecule has 6 heteroatoms. The Hall–Kier alpha value is -0.820. The van der Waals surface area contributed by atoms with Crippen molar-refractivity contribution in [3.05, 3.63) is 0 Å². The molecule has 3 atom stereocenters. The Morgan fingerprint density at radius 1 is 1.38 bits per heavy atom. The first-order valence-corrected chi connectivity index (χ1v) is 3.57. The average Bonchev–Trinajstić information content (AvgIpc) is 2.19. The van der Waals surface area contributed by atoms with E-state index < -0.39 is 25.1 Å². The summed E-state index contributed by atoms with van der Waals surface area (Å²) < 4.78 is 9.29. The molecule has 13 heavy (non-hydrogen) atoms. The van der Waals surface area contributed by atoms with Crippen LogP contribution >= 0.6 is 0 Å². The molecule has 0 radical (unpaired) electrons. The van der Waals surface area contributed by atoms with Crippen LogP contribution in [0.15, 0.2) is 0 Å². The molecule has 0 aliphatic heterocycles. The smallest absolute Gasteiger partial charge is 0.190 e. The second-order valence-corrected chi connectivity index (χ2v) is 2.22. The number of hydrogen-bond donors (Lipinski definition) is 2. The van der Waals surface area contributed by atoms with Crippen LogP contribution in [0.3, 0.4) is 0 Å². The van der Waals surface area contributed by atoms with Crippen LogP contribution in [0, 0.1) is 0 Å². The van der Waals surface area contributed by atoms with Crippen molar-refractivity contribution in [3.8, 4) is 0 Å². The Balaban J connectivity index is 4.09. The highest BCUT2D eigenvalue weighted by atomic mass is 16.7. The molecule has 0 fully saturated rings. The largest absolute Gasteiger partial charge is 0.393 e. The second-order valence-electron chi connectivity index (χ2n) is 2.22. The fourth-order valence-corrected chi connectivity index (χ4v) is 0.630. The Kier molecular flexibility index (Phi) is 6.25. The van der Waals surface area contributed by atoms with E-state index in [1.807, 2.05) is 0 Å². The predicted octanol–water partition coefficient (Wildman–Crippen LogP) is -1.90. The minimum atomic E-state index is -1.47. The fourth-order valence-electron chi connectivity index (χ4n) is 0.630. The standard InChI is InChI=1S/C7H12O6/c1-12-7(6(11)4-10)13-5(2-8)3-9/h2,4-7,9,11H,3H2,1H3. The van der Waals surface area contributed by atoms with Crippen molar-refractivity contribution in [2.75, 3.05) is 13.7 Å². The van der Waals surface area contributed by atoms with E-state index in [1.165, 1.54) is 7.11 Å². The molecule has 0 heterocycles. The van der Waals surface area contributed by atoms with Gasteiger partial charge >= 0.3 is 0 Å². The van der Waals surface area contributed by atoms with Crippen LogP contribution in [-0.2, 0) is 19.1 Å². The van der Waals surface area contributed by atoms with Crippen molar-refractivity contribution >= 4 is 12.6 Å².